The smallest absolute Gasteiger partial charge is 0.253 e. The summed E-state index contributed by atoms with van der Waals surface area (Å²) in [6, 6.07) is 24.6. The quantitative estimate of drug-likeness (QED) is 0.197. The van der Waals surface area contributed by atoms with Gasteiger partial charge in [0, 0.05) is 60.9 Å². The van der Waals surface area contributed by atoms with Crippen LogP contribution in [0.2, 0.25) is 0 Å². The van der Waals surface area contributed by atoms with Crippen molar-refractivity contribution in [2.45, 2.75) is 39.5 Å². The molecule has 3 heterocycles. The molecule has 1 aliphatic rings. The third-order valence-electron chi connectivity index (χ3n) is 8.34. The van der Waals surface area contributed by atoms with Crippen LogP contribution in [0, 0.1) is 12.8 Å². The SMILES string of the molecule is Cc1ccc(C(=O)N2CC(c3ccc(-c4ccc5cnn(C)c5c4)cc3)C2)cc1CC(=O)c1ccc(CC(C)C)nc1. The second-order valence-electron chi connectivity index (χ2n) is 11.9. The van der Waals surface area contributed by atoms with E-state index in [0.29, 0.717) is 36.1 Å². The van der Waals surface area contributed by atoms with Crippen LogP contribution < -0.4 is 0 Å². The first-order chi connectivity index (χ1) is 20.2. The molecule has 6 nitrogen and oxygen atoms in total. The summed E-state index contributed by atoms with van der Waals surface area (Å²) in [6.45, 7) is 7.67. The Morgan fingerprint density at radius 1 is 0.881 bits per heavy atom. The Balaban J connectivity index is 1.08. The molecule has 0 radical (unpaired) electrons. The fourth-order valence-electron chi connectivity index (χ4n) is 5.71. The first-order valence-corrected chi connectivity index (χ1v) is 14.6. The van der Waals surface area contributed by atoms with E-state index in [1.54, 1.807) is 6.20 Å². The van der Waals surface area contributed by atoms with E-state index < -0.39 is 0 Å². The van der Waals surface area contributed by atoms with Crippen molar-refractivity contribution >= 4 is 22.6 Å². The number of likely N-dealkylation sites (tertiary alicyclic amines) is 1. The summed E-state index contributed by atoms with van der Waals surface area (Å²) in [6.07, 6.45) is 4.70. The highest BCUT2D eigenvalue weighted by Gasteiger charge is 2.32. The van der Waals surface area contributed by atoms with Crippen molar-refractivity contribution in [3.63, 3.8) is 0 Å². The number of aromatic nitrogens is 3. The van der Waals surface area contributed by atoms with Crippen LogP contribution in [0.5, 0.6) is 0 Å². The van der Waals surface area contributed by atoms with Gasteiger partial charge in [-0.3, -0.25) is 19.3 Å². The van der Waals surface area contributed by atoms with Crippen molar-refractivity contribution in [1.82, 2.24) is 19.7 Å². The number of amides is 1. The number of hydrogen-bond acceptors (Lipinski definition) is 4. The average molecular weight is 557 g/mol. The monoisotopic (exact) mass is 556 g/mol. The Morgan fingerprint density at radius 3 is 2.33 bits per heavy atom. The molecule has 42 heavy (non-hydrogen) atoms. The number of carbonyl (C=O) groups excluding carboxylic acids is 2. The van der Waals surface area contributed by atoms with Gasteiger partial charge >= 0.3 is 0 Å². The molecule has 0 atom stereocenters. The van der Waals surface area contributed by atoms with E-state index in [1.165, 1.54) is 5.56 Å². The number of Topliss-reactive ketones (excluding diaryl/α,β-unsaturated/α-hetero) is 1. The lowest BCUT2D eigenvalue weighted by molar-refractivity contribution is 0.0602. The predicted octanol–water partition coefficient (Wildman–Crippen LogP) is 6.81. The van der Waals surface area contributed by atoms with Crippen LogP contribution in [0.15, 0.2) is 85.2 Å². The zero-order chi connectivity index (χ0) is 29.4. The summed E-state index contributed by atoms with van der Waals surface area (Å²) in [5.41, 5.74) is 8.81. The lowest BCUT2D eigenvalue weighted by Gasteiger charge is -2.39. The van der Waals surface area contributed by atoms with E-state index in [9.17, 15) is 9.59 Å². The van der Waals surface area contributed by atoms with Crippen LogP contribution in [-0.2, 0) is 19.9 Å². The molecule has 0 saturated carbocycles. The van der Waals surface area contributed by atoms with E-state index in [2.05, 4.69) is 66.4 Å². The molecule has 3 aromatic carbocycles. The third kappa shape index (κ3) is 5.62. The predicted molar refractivity (Wildman–Crippen MR) is 167 cm³/mol. The average Bonchev–Trinajstić information content (AvgIpc) is 3.33. The lowest BCUT2D eigenvalue weighted by Crippen LogP contribution is -2.48. The van der Waals surface area contributed by atoms with Crippen molar-refractivity contribution in [3.05, 3.63) is 119 Å². The van der Waals surface area contributed by atoms with Gasteiger partial charge in [-0.15, -0.1) is 0 Å². The maximum Gasteiger partial charge on any atom is 0.253 e. The van der Waals surface area contributed by atoms with E-state index in [-0.39, 0.29) is 18.1 Å². The Hall–Kier alpha value is -4.58. The first kappa shape index (κ1) is 27.6. The van der Waals surface area contributed by atoms with Crippen LogP contribution in [0.3, 0.4) is 0 Å². The van der Waals surface area contributed by atoms with E-state index in [0.717, 1.165) is 45.3 Å². The summed E-state index contributed by atoms with van der Waals surface area (Å²) in [7, 11) is 1.96. The van der Waals surface area contributed by atoms with Gasteiger partial charge in [0.15, 0.2) is 5.78 Å². The van der Waals surface area contributed by atoms with Crippen LogP contribution in [0.1, 0.15) is 62.9 Å². The zero-order valence-corrected chi connectivity index (χ0v) is 24.7. The Bertz CT molecular complexity index is 1760. The number of nitrogens with zero attached hydrogens (tertiary/aromatic N) is 4. The molecule has 6 heteroatoms. The minimum Gasteiger partial charge on any atom is -0.337 e. The number of fused-ring (bicyclic) bond motifs is 1. The normalized spacial score (nSPS) is 13.5. The molecule has 212 valence electrons. The molecular weight excluding hydrogens is 520 g/mol. The molecule has 5 aromatic rings. The van der Waals surface area contributed by atoms with Crippen molar-refractivity contribution in [2.24, 2.45) is 13.0 Å². The Morgan fingerprint density at radius 2 is 1.62 bits per heavy atom. The van der Waals surface area contributed by atoms with E-state index in [4.69, 9.17) is 0 Å². The van der Waals surface area contributed by atoms with E-state index in [1.807, 2.05) is 60.1 Å². The second-order valence-corrected chi connectivity index (χ2v) is 11.9. The maximum atomic E-state index is 13.3. The summed E-state index contributed by atoms with van der Waals surface area (Å²) in [4.78, 5) is 32.7. The Kier molecular flexibility index (Phi) is 7.46. The minimum absolute atomic E-state index is 0.0130. The molecule has 0 N–H and O–H groups in total. The highest BCUT2D eigenvalue weighted by atomic mass is 16.2. The maximum absolute atomic E-state index is 13.3. The van der Waals surface area contributed by atoms with Gasteiger partial charge in [-0.05, 0) is 77.4 Å². The molecule has 1 aliphatic heterocycles. The van der Waals surface area contributed by atoms with Gasteiger partial charge < -0.3 is 4.90 Å². The summed E-state index contributed by atoms with van der Waals surface area (Å²) in [5, 5.41) is 5.47. The molecule has 2 aromatic heterocycles. The standard InChI is InChI=1S/C36H36N4O2/c1-23(2)15-33-14-13-30(19-37-33)35(41)18-31-16-28(6-5-24(31)3)36(42)40-21-32(22-40)26-9-7-25(8-10-26)27-11-12-29-20-38-39(4)34(29)17-27/h5-14,16-17,19-20,23,32H,15,18,21-22H2,1-4H3. The van der Waals surface area contributed by atoms with Crippen molar-refractivity contribution in [2.75, 3.05) is 13.1 Å². The number of aryl methyl sites for hydroxylation is 2. The van der Waals surface area contributed by atoms with Crippen LogP contribution in [-0.4, -0.2) is 44.4 Å². The van der Waals surface area contributed by atoms with Gasteiger partial charge in [-0.1, -0.05) is 56.3 Å². The number of carbonyl (C=O) groups is 2. The minimum atomic E-state index is 0.0130. The van der Waals surface area contributed by atoms with Gasteiger partial charge in [-0.25, -0.2) is 0 Å². The molecule has 0 aliphatic carbocycles. The zero-order valence-electron chi connectivity index (χ0n) is 24.7. The number of hydrogen-bond donors (Lipinski definition) is 0. The topological polar surface area (TPSA) is 68.1 Å². The van der Waals surface area contributed by atoms with Gasteiger partial charge in [-0.2, -0.15) is 5.10 Å². The van der Waals surface area contributed by atoms with Crippen LogP contribution >= 0.6 is 0 Å². The van der Waals surface area contributed by atoms with Gasteiger partial charge in [0.2, 0.25) is 0 Å². The number of ketones is 1. The molecule has 0 spiro atoms. The largest absolute Gasteiger partial charge is 0.337 e. The molecule has 0 bridgehead atoms. The first-order valence-electron chi connectivity index (χ1n) is 14.6. The number of pyridine rings is 1. The summed E-state index contributed by atoms with van der Waals surface area (Å²) in [5.74, 6) is 0.864. The van der Waals surface area contributed by atoms with Crippen molar-refractivity contribution in [3.8, 4) is 11.1 Å². The molecule has 1 saturated heterocycles. The fraction of sp³-hybridized carbons (Fsp3) is 0.278. The highest BCUT2D eigenvalue weighted by Crippen LogP contribution is 2.31. The summed E-state index contributed by atoms with van der Waals surface area (Å²) < 4.78 is 1.89. The lowest BCUT2D eigenvalue weighted by atomic mass is 9.89. The summed E-state index contributed by atoms with van der Waals surface area (Å²) >= 11 is 0. The third-order valence-corrected chi connectivity index (χ3v) is 8.34. The van der Waals surface area contributed by atoms with Crippen LogP contribution in [0.4, 0.5) is 0 Å². The van der Waals surface area contributed by atoms with Crippen LogP contribution in [0.25, 0.3) is 22.0 Å². The van der Waals surface area contributed by atoms with Crippen molar-refractivity contribution in [1.29, 1.82) is 0 Å². The highest BCUT2D eigenvalue weighted by molar-refractivity contribution is 5.99. The molecular formula is C36H36N4O2. The van der Waals surface area contributed by atoms with Crippen molar-refractivity contribution < 1.29 is 9.59 Å². The molecule has 1 amide bonds. The molecule has 0 unspecified atom stereocenters. The van der Waals surface area contributed by atoms with Gasteiger partial charge in [0.25, 0.3) is 5.91 Å². The van der Waals surface area contributed by atoms with Gasteiger partial charge in [0.1, 0.15) is 0 Å². The number of rotatable bonds is 8. The van der Waals surface area contributed by atoms with Gasteiger partial charge in [0.05, 0.1) is 11.7 Å². The second kappa shape index (κ2) is 11.4. The Labute approximate surface area is 247 Å². The fourth-order valence-corrected chi connectivity index (χ4v) is 5.71. The molecule has 6 rings (SSSR count). The molecule has 1 fully saturated rings. The van der Waals surface area contributed by atoms with E-state index >= 15 is 0 Å². The number of benzene rings is 3.